The minimum Gasteiger partial charge on any atom is -0.444 e. The van der Waals surface area contributed by atoms with Gasteiger partial charge in [-0.05, 0) is 25.0 Å². The van der Waals surface area contributed by atoms with Gasteiger partial charge in [0.2, 0.25) is 5.89 Å². The monoisotopic (exact) mass is 332 g/mol. The molecule has 0 bridgehead atoms. The van der Waals surface area contributed by atoms with Gasteiger partial charge in [-0.3, -0.25) is 0 Å². The van der Waals surface area contributed by atoms with Crippen molar-refractivity contribution in [3.05, 3.63) is 42.4 Å². The first-order valence-electron chi connectivity index (χ1n) is 7.39. The van der Waals surface area contributed by atoms with Crippen LogP contribution in [-0.4, -0.2) is 15.1 Å². The van der Waals surface area contributed by atoms with E-state index in [4.69, 9.17) is 14.7 Å². The summed E-state index contributed by atoms with van der Waals surface area (Å²) >= 11 is 0. The Kier molecular flexibility index (Phi) is 4.19. The van der Waals surface area contributed by atoms with Crippen molar-refractivity contribution in [3.8, 4) is 23.0 Å². The number of benzene rings is 1. The number of oxazole rings is 1. The Balaban J connectivity index is 0.00000156. The van der Waals surface area contributed by atoms with Gasteiger partial charge in [0, 0.05) is 5.56 Å². The second-order valence-corrected chi connectivity index (χ2v) is 5.69. The Morgan fingerprint density at radius 2 is 1.74 bits per heavy atom. The maximum absolute atomic E-state index is 6.34. The molecule has 2 N–H and O–H groups in total. The molecule has 1 aromatic carbocycles. The van der Waals surface area contributed by atoms with Crippen molar-refractivity contribution < 1.29 is 8.94 Å². The van der Waals surface area contributed by atoms with Crippen LogP contribution >= 0.6 is 12.4 Å². The van der Waals surface area contributed by atoms with Crippen LogP contribution in [-0.2, 0) is 5.54 Å². The largest absolute Gasteiger partial charge is 0.444 e. The van der Waals surface area contributed by atoms with Crippen molar-refractivity contribution in [1.82, 2.24) is 15.1 Å². The van der Waals surface area contributed by atoms with Crippen molar-refractivity contribution in [3.63, 3.8) is 0 Å². The van der Waals surface area contributed by atoms with Gasteiger partial charge in [0.15, 0.2) is 11.5 Å². The first-order chi connectivity index (χ1) is 10.7. The van der Waals surface area contributed by atoms with Crippen LogP contribution in [0.4, 0.5) is 0 Å². The highest BCUT2D eigenvalue weighted by Crippen LogP contribution is 2.35. The molecule has 7 heteroatoms. The second-order valence-electron chi connectivity index (χ2n) is 5.69. The number of rotatable bonds is 3. The molecule has 0 saturated heterocycles. The third-order valence-corrected chi connectivity index (χ3v) is 4.11. The average Bonchev–Trinajstić information content (AvgIpc) is 3.28. The van der Waals surface area contributed by atoms with Gasteiger partial charge in [-0.1, -0.05) is 36.2 Å². The molecule has 0 spiro atoms. The fourth-order valence-corrected chi connectivity index (χ4v) is 2.84. The first-order valence-corrected chi connectivity index (χ1v) is 7.39. The normalized spacial score (nSPS) is 16.2. The van der Waals surface area contributed by atoms with E-state index in [2.05, 4.69) is 15.1 Å². The molecular weight excluding hydrogens is 316 g/mol. The Hall–Kier alpha value is -2.18. The van der Waals surface area contributed by atoms with Crippen molar-refractivity contribution in [1.29, 1.82) is 0 Å². The number of hydrogen-bond donors (Lipinski definition) is 1. The molecule has 2 heterocycles. The maximum Gasteiger partial charge on any atom is 0.279 e. The lowest BCUT2D eigenvalue weighted by molar-refractivity contribution is 0.372. The van der Waals surface area contributed by atoms with Crippen LogP contribution in [0.5, 0.6) is 0 Å². The number of aromatic nitrogens is 3. The number of hydrogen-bond acceptors (Lipinski definition) is 6. The summed E-state index contributed by atoms with van der Waals surface area (Å²) in [6.45, 7) is 0. The molecule has 0 radical (unpaired) electrons. The van der Waals surface area contributed by atoms with E-state index in [0.29, 0.717) is 23.3 Å². The lowest BCUT2D eigenvalue weighted by Crippen LogP contribution is -2.34. The molecule has 23 heavy (non-hydrogen) atoms. The van der Waals surface area contributed by atoms with Crippen molar-refractivity contribution >= 4 is 12.4 Å². The summed E-state index contributed by atoms with van der Waals surface area (Å²) < 4.78 is 10.8. The molecule has 1 aliphatic rings. The van der Waals surface area contributed by atoms with E-state index in [-0.39, 0.29) is 12.4 Å². The number of nitrogens with two attached hydrogens (primary N) is 1. The molecule has 1 aliphatic carbocycles. The minimum absolute atomic E-state index is 0. The van der Waals surface area contributed by atoms with Crippen LogP contribution < -0.4 is 5.73 Å². The van der Waals surface area contributed by atoms with E-state index >= 15 is 0 Å². The van der Waals surface area contributed by atoms with Crippen LogP contribution in [0.3, 0.4) is 0 Å². The first kappa shape index (κ1) is 15.7. The highest BCUT2D eigenvalue weighted by molar-refractivity contribution is 5.85. The van der Waals surface area contributed by atoms with Crippen molar-refractivity contribution in [2.75, 3.05) is 0 Å². The van der Waals surface area contributed by atoms with Gasteiger partial charge in [-0.15, -0.1) is 12.4 Å². The SMILES string of the molecule is Cl.NC1(c2noc(-c3coc(-c4ccccc4)n3)n2)CCCC1. The smallest absolute Gasteiger partial charge is 0.279 e. The molecule has 0 atom stereocenters. The summed E-state index contributed by atoms with van der Waals surface area (Å²) in [4.78, 5) is 8.83. The predicted molar refractivity (Wildman–Crippen MR) is 86.8 cm³/mol. The molecule has 0 amide bonds. The highest BCUT2D eigenvalue weighted by atomic mass is 35.5. The summed E-state index contributed by atoms with van der Waals surface area (Å²) in [7, 11) is 0. The van der Waals surface area contributed by atoms with E-state index in [1.54, 1.807) is 0 Å². The molecule has 2 aromatic heterocycles. The molecular formula is C16H17ClN4O2. The average molecular weight is 333 g/mol. The zero-order valence-corrected chi connectivity index (χ0v) is 13.3. The molecule has 120 valence electrons. The summed E-state index contributed by atoms with van der Waals surface area (Å²) in [6, 6.07) is 9.68. The number of halogens is 1. The molecule has 1 saturated carbocycles. The fraction of sp³-hybridized carbons (Fsp3) is 0.312. The van der Waals surface area contributed by atoms with Crippen LogP contribution in [0.25, 0.3) is 23.0 Å². The zero-order chi connectivity index (χ0) is 15.0. The van der Waals surface area contributed by atoms with Gasteiger partial charge in [0.05, 0.1) is 5.54 Å². The topological polar surface area (TPSA) is 91.0 Å². The third kappa shape index (κ3) is 2.87. The van der Waals surface area contributed by atoms with Gasteiger partial charge in [0.25, 0.3) is 5.89 Å². The molecule has 3 aromatic rings. The van der Waals surface area contributed by atoms with Gasteiger partial charge in [-0.25, -0.2) is 4.98 Å². The van der Waals surface area contributed by atoms with E-state index in [1.807, 2.05) is 30.3 Å². The molecule has 0 unspecified atom stereocenters. The molecule has 4 rings (SSSR count). The van der Waals surface area contributed by atoms with Gasteiger partial charge >= 0.3 is 0 Å². The fourth-order valence-electron chi connectivity index (χ4n) is 2.84. The van der Waals surface area contributed by atoms with E-state index in [1.165, 1.54) is 6.26 Å². The van der Waals surface area contributed by atoms with Crippen LogP contribution in [0.2, 0.25) is 0 Å². The lowest BCUT2D eigenvalue weighted by Gasteiger charge is -2.17. The zero-order valence-electron chi connectivity index (χ0n) is 12.4. The Labute approximate surface area is 139 Å². The summed E-state index contributed by atoms with van der Waals surface area (Å²) in [5, 5.41) is 4.04. The quantitative estimate of drug-likeness (QED) is 0.788. The van der Waals surface area contributed by atoms with Crippen molar-refractivity contribution in [2.24, 2.45) is 5.73 Å². The number of nitrogens with zero attached hydrogens (tertiary/aromatic N) is 3. The molecule has 0 aliphatic heterocycles. The predicted octanol–water partition coefficient (Wildman–Crippen LogP) is 3.54. The van der Waals surface area contributed by atoms with E-state index in [0.717, 1.165) is 31.2 Å². The van der Waals surface area contributed by atoms with Gasteiger partial charge < -0.3 is 14.7 Å². The standard InChI is InChI=1S/C16H16N4O2.ClH/c17-16(8-4-5-9-16)15-19-14(22-20-15)12-10-21-13(18-12)11-6-2-1-3-7-11;/h1-3,6-7,10H,4-5,8-9,17H2;1H. The van der Waals surface area contributed by atoms with Gasteiger partial charge in [0.1, 0.15) is 6.26 Å². The van der Waals surface area contributed by atoms with Crippen LogP contribution in [0.1, 0.15) is 31.5 Å². The van der Waals surface area contributed by atoms with Crippen LogP contribution in [0.15, 0.2) is 45.5 Å². The Morgan fingerprint density at radius 3 is 2.48 bits per heavy atom. The second kappa shape index (κ2) is 6.14. The summed E-state index contributed by atoms with van der Waals surface area (Å²) in [5.74, 6) is 1.43. The van der Waals surface area contributed by atoms with Gasteiger partial charge in [-0.2, -0.15) is 4.98 Å². The summed E-state index contributed by atoms with van der Waals surface area (Å²) in [6.07, 6.45) is 5.50. The Bertz CT molecular complexity index is 778. The molecule has 6 nitrogen and oxygen atoms in total. The Morgan fingerprint density at radius 1 is 1.00 bits per heavy atom. The van der Waals surface area contributed by atoms with Crippen LogP contribution in [0, 0.1) is 0 Å². The third-order valence-electron chi connectivity index (χ3n) is 4.11. The molecule has 1 fully saturated rings. The highest BCUT2D eigenvalue weighted by Gasteiger charge is 2.36. The maximum atomic E-state index is 6.34. The van der Waals surface area contributed by atoms with E-state index < -0.39 is 5.54 Å². The van der Waals surface area contributed by atoms with E-state index in [9.17, 15) is 0 Å². The lowest BCUT2D eigenvalue weighted by atomic mass is 9.99. The van der Waals surface area contributed by atoms with Crippen molar-refractivity contribution in [2.45, 2.75) is 31.2 Å². The minimum atomic E-state index is -0.465. The summed E-state index contributed by atoms with van der Waals surface area (Å²) in [5.41, 5.74) is 7.30.